The summed E-state index contributed by atoms with van der Waals surface area (Å²) < 4.78 is 0. The largest absolute Gasteiger partial charge is 0.481 e. The molecule has 0 amide bonds. The second-order valence-corrected chi connectivity index (χ2v) is 2.63. The van der Waals surface area contributed by atoms with Crippen LogP contribution in [0.4, 0.5) is 0 Å². The van der Waals surface area contributed by atoms with Crippen LogP contribution in [0.15, 0.2) is 0 Å². The highest BCUT2D eigenvalue weighted by Gasteiger charge is 1.99. The van der Waals surface area contributed by atoms with E-state index in [-0.39, 0.29) is 12.8 Å². The van der Waals surface area contributed by atoms with Crippen LogP contribution in [0, 0.1) is 0 Å². The van der Waals surface area contributed by atoms with Crippen LogP contribution in [-0.2, 0) is 9.59 Å². The molecule has 0 atom stereocenters. The van der Waals surface area contributed by atoms with Gasteiger partial charge in [0, 0.05) is 12.8 Å². The van der Waals surface area contributed by atoms with Crippen LogP contribution in [0.1, 0.15) is 32.6 Å². The third-order valence-electron chi connectivity index (χ3n) is 1.03. The molecule has 0 unspecified atom stereocenters. The Kier molecular flexibility index (Phi) is 10.9. The van der Waals surface area contributed by atoms with E-state index in [1.807, 2.05) is 0 Å². The van der Waals surface area contributed by atoms with Gasteiger partial charge in [-0.25, -0.2) is 0 Å². The molecule has 6 heteroatoms. The summed E-state index contributed by atoms with van der Waals surface area (Å²) in [5.41, 5.74) is 0. The maximum absolute atomic E-state index is 9.90. The number of aliphatic carboxylic acids is 2. The predicted molar refractivity (Wildman–Crippen MR) is 47.6 cm³/mol. The lowest BCUT2D eigenvalue weighted by molar-refractivity contribution is -0.139. The van der Waals surface area contributed by atoms with E-state index in [1.54, 1.807) is 0 Å². The van der Waals surface area contributed by atoms with Crippen molar-refractivity contribution in [1.29, 1.82) is 0 Å². The summed E-state index contributed by atoms with van der Waals surface area (Å²) in [6.45, 7) is 1.28. The molecule has 6 nitrogen and oxygen atoms in total. The first kappa shape index (κ1) is 15.3. The summed E-state index contributed by atoms with van der Waals surface area (Å²) in [6, 6.07) is 0. The fraction of sp³-hybridized carbons (Fsp3) is 0.750. The fourth-order valence-electron chi connectivity index (χ4n) is 0.552. The molecule has 0 radical (unpaired) electrons. The quantitative estimate of drug-likeness (QED) is 0.374. The number of carboxylic acids is 2. The van der Waals surface area contributed by atoms with Gasteiger partial charge in [0.1, 0.15) is 6.29 Å². The summed E-state index contributed by atoms with van der Waals surface area (Å²) >= 11 is 0. The van der Waals surface area contributed by atoms with Crippen LogP contribution in [0.25, 0.3) is 0 Å². The standard InChI is InChI=1S/C6H10O4.C2H6O2/c7-5(8)3-1-2-4-6(9)10;1-2(3)4/h1-4H2,(H,7,8)(H,9,10);2-4H,1H3. The summed E-state index contributed by atoms with van der Waals surface area (Å²) in [4.78, 5) is 19.8. The minimum Gasteiger partial charge on any atom is -0.481 e. The van der Waals surface area contributed by atoms with Gasteiger partial charge in [0.15, 0.2) is 0 Å². The fourth-order valence-corrected chi connectivity index (χ4v) is 0.552. The third-order valence-corrected chi connectivity index (χ3v) is 1.03. The Morgan fingerprint density at radius 2 is 1.21 bits per heavy atom. The number of rotatable bonds is 5. The van der Waals surface area contributed by atoms with E-state index in [1.165, 1.54) is 6.92 Å². The van der Waals surface area contributed by atoms with Crippen molar-refractivity contribution in [2.45, 2.75) is 38.9 Å². The van der Waals surface area contributed by atoms with Gasteiger partial charge < -0.3 is 20.4 Å². The van der Waals surface area contributed by atoms with Crippen molar-refractivity contribution >= 4 is 11.9 Å². The van der Waals surface area contributed by atoms with Gasteiger partial charge in [0.2, 0.25) is 0 Å². The topological polar surface area (TPSA) is 115 Å². The third kappa shape index (κ3) is 30.7. The van der Waals surface area contributed by atoms with Crippen LogP contribution < -0.4 is 0 Å². The van der Waals surface area contributed by atoms with Crippen molar-refractivity contribution in [3.8, 4) is 0 Å². The summed E-state index contributed by atoms with van der Waals surface area (Å²) in [6.07, 6.45) is -0.149. The maximum atomic E-state index is 9.90. The molecule has 0 saturated heterocycles. The highest BCUT2D eigenvalue weighted by atomic mass is 16.5. The van der Waals surface area contributed by atoms with E-state index in [2.05, 4.69) is 0 Å². The first-order chi connectivity index (χ1) is 6.36. The number of hydrogen-bond donors (Lipinski definition) is 4. The Morgan fingerprint density at radius 1 is 1.00 bits per heavy atom. The summed E-state index contributed by atoms with van der Waals surface area (Å²) in [5.74, 6) is -1.74. The number of unbranched alkanes of at least 4 members (excludes halogenated alkanes) is 1. The summed E-state index contributed by atoms with van der Waals surface area (Å²) in [7, 11) is 0. The Morgan fingerprint density at radius 3 is 1.36 bits per heavy atom. The Hall–Kier alpha value is -1.14. The number of carboxylic acid groups (broad SMARTS) is 2. The molecule has 0 aliphatic rings. The Bertz CT molecular complexity index is 146. The second kappa shape index (κ2) is 9.94. The van der Waals surface area contributed by atoms with Crippen LogP contribution >= 0.6 is 0 Å². The average Bonchev–Trinajstić information content (AvgIpc) is 1.96. The molecular weight excluding hydrogens is 192 g/mol. The molecule has 0 aromatic rings. The van der Waals surface area contributed by atoms with Gasteiger partial charge >= 0.3 is 11.9 Å². The highest BCUT2D eigenvalue weighted by Crippen LogP contribution is 1.98. The zero-order valence-corrected chi connectivity index (χ0v) is 8.01. The number of carbonyl (C=O) groups is 2. The molecule has 0 bridgehead atoms. The SMILES string of the molecule is CC(O)O.O=C(O)CCCCC(=O)O. The monoisotopic (exact) mass is 208 g/mol. The smallest absolute Gasteiger partial charge is 0.303 e. The van der Waals surface area contributed by atoms with E-state index in [4.69, 9.17) is 20.4 Å². The van der Waals surface area contributed by atoms with Crippen molar-refractivity contribution in [3.63, 3.8) is 0 Å². The minimum absolute atomic E-state index is 0.0628. The molecule has 0 saturated carbocycles. The van der Waals surface area contributed by atoms with Crippen LogP contribution in [-0.4, -0.2) is 38.7 Å². The van der Waals surface area contributed by atoms with E-state index in [0.29, 0.717) is 12.8 Å². The molecule has 0 aromatic carbocycles. The minimum atomic E-state index is -1.17. The molecule has 0 aliphatic heterocycles. The van der Waals surface area contributed by atoms with Crippen molar-refractivity contribution in [2.75, 3.05) is 0 Å². The maximum Gasteiger partial charge on any atom is 0.303 e. The molecular formula is C8H16O6. The molecule has 14 heavy (non-hydrogen) atoms. The van der Waals surface area contributed by atoms with E-state index >= 15 is 0 Å². The Labute approximate surface area is 81.8 Å². The first-order valence-electron chi connectivity index (χ1n) is 4.16. The van der Waals surface area contributed by atoms with Crippen molar-refractivity contribution < 1.29 is 30.0 Å². The van der Waals surface area contributed by atoms with Gasteiger partial charge in [-0.15, -0.1) is 0 Å². The number of aliphatic hydroxyl groups excluding tert-OH is 1. The van der Waals surface area contributed by atoms with Crippen molar-refractivity contribution in [3.05, 3.63) is 0 Å². The first-order valence-corrected chi connectivity index (χ1v) is 4.16. The van der Waals surface area contributed by atoms with E-state index < -0.39 is 18.2 Å². The van der Waals surface area contributed by atoms with Crippen LogP contribution in [0.5, 0.6) is 0 Å². The molecule has 0 fully saturated rings. The predicted octanol–water partition coefficient (Wildman–Crippen LogP) is 0.0330. The van der Waals surface area contributed by atoms with Crippen molar-refractivity contribution in [1.82, 2.24) is 0 Å². The zero-order valence-electron chi connectivity index (χ0n) is 8.01. The lowest BCUT2D eigenvalue weighted by Crippen LogP contribution is -1.97. The van der Waals surface area contributed by atoms with Gasteiger partial charge in [-0.1, -0.05) is 0 Å². The molecule has 0 spiro atoms. The molecule has 0 heterocycles. The van der Waals surface area contributed by atoms with E-state index in [9.17, 15) is 9.59 Å². The lowest BCUT2D eigenvalue weighted by atomic mass is 10.2. The second-order valence-electron chi connectivity index (χ2n) is 2.63. The van der Waals surface area contributed by atoms with Gasteiger partial charge in [0.05, 0.1) is 0 Å². The zero-order chi connectivity index (χ0) is 11.6. The lowest BCUT2D eigenvalue weighted by Gasteiger charge is -1.92. The Balaban J connectivity index is 0. The van der Waals surface area contributed by atoms with Crippen LogP contribution in [0.3, 0.4) is 0 Å². The summed E-state index contributed by atoms with van der Waals surface area (Å²) in [5, 5.41) is 31.5. The molecule has 0 rings (SSSR count). The number of aliphatic hydroxyl groups is 2. The van der Waals surface area contributed by atoms with E-state index in [0.717, 1.165) is 0 Å². The number of hydrogen-bond acceptors (Lipinski definition) is 4. The van der Waals surface area contributed by atoms with Gasteiger partial charge in [-0.3, -0.25) is 9.59 Å². The van der Waals surface area contributed by atoms with Gasteiger partial charge in [-0.05, 0) is 19.8 Å². The molecule has 0 aliphatic carbocycles. The molecule has 84 valence electrons. The van der Waals surface area contributed by atoms with Crippen LogP contribution in [0.2, 0.25) is 0 Å². The van der Waals surface area contributed by atoms with Crippen molar-refractivity contribution in [2.24, 2.45) is 0 Å². The average molecular weight is 208 g/mol. The molecule has 0 aromatic heterocycles. The normalized spacial score (nSPS) is 9.14. The molecule has 4 N–H and O–H groups in total. The highest BCUT2D eigenvalue weighted by molar-refractivity contribution is 5.67. The van der Waals surface area contributed by atoms with Gasteiger partial charge in [-0.2, -0.15) is 0 Å². The van der Waals surface area contributed by atoms with Gasteiger partial charge in [0.25, 0.3) is 0 Å².